The Kier molecular flexibility index (Phi) is 4.78. The Morgan fingerprint density at radius 3 is 2.82 bits per heavy atom. The number of hydrogen-bond donors (Lipinski definition) is 0. The molecule has 0 N–H and O–H groups in total. The Bertz CT molecular complexity index is 289. The summed E-state index contributed by atoms with van der Waals surface area (Å²) in [5.41, 5.74) is 1.13. The number of unbranched alkanes of at least 4 members (excludes halogenated alkanes) is 2. The summed E-state index contributed by atoms with van der Waals surface area (Å²) in [5, 5.41) is 0. The third kappa shape index (κ3) is 3.41. The van der Waals surface area contributed by atoms with Crippen LogP contribution in [0.3, 0.4) is 0 Å². The molecule has 0 radical (unpaired) electrons. The highest BCUT2D eigenvalue weighted by Crippen LogP contribution is 2.28. The van der Waals surface area contributed by atoms with Gasteiger partial charge in [0.15, 0.2) is 5.78 Å². The molecule has 2 aliphatic rings. The molecule has 2 rings (SSSR count). The van der Waals surface area contributed by atoms with E-state index in [4.69, 9.17) is 0 Å². The van der Waals surface area contributed by atoms with Crippen molar-refractivity contribution in [1.82, 2.24) is 4.90 Å². The minimum atomic E-state index is 0.306. The van der Waals surface area contributed by atoms with E-state index in [1.54, 1.807) is 0 Å². The van der Waals surface area contributed by atoms with Crippen LogP contribution in [0.15, 0.2) is 11.6 Å². The van der Waals surface area contributed by atoms with Gasteiger partial charge in [-0.3, -0.25) is 4.79 Å². The van der Waals surface area contributed by atoms with E-state index >= 15 is 0 Å². The lowest BCUT2D eigenvalue weighted by atomic mass is 10.1. The Balaban J connectivity index is 1.81. The highest BCUT2D eigenvalue weighted by molar-refractivity contribution is 5.99. The van der Waals surface area contributed by atoms with Crippen molar-refractivity contribution in [1.29, 1.82) is 0 Å². The van der Waals surface area contributed by atoms with Crippen LogP contribution < -0.4 is 0 Å². The van der Waals surface area contributed by atoms with E-state index in [0.29, 0.717) is 11.7 Å². The molecule has 2 heteroatoms. The molecule has 0 spiro atoms. The Hall–Kier alpha value is -0.630. The molecule has 1 saturated heterocycles. The molecule has 1 aliphatic carbocycles. The number of nitrogens with zero attached hydrogens (tertiary/aromatic N) is 1. The van der Waals surface area contributed by atoms with Gasteiger partial charge in [0.1, 0.15) is 0 Å². The van der Waals surface area contributed by atoms with E-state index < -0.39 is 0 Å². The summed E-state index contributed by atoms with van der Waals surface area (Å²) < 4.78 is 0. The van der Waals surface area contributed by atoms with Gasteiger partial charge in [0.05, 0.1) is 0 Å². The lowest BCUT2D eigenvalue weighted by molar-refractivity contribution is -0.118. The number of carbonyl (C=O) groups is 1. The molecule has 0 bridgehead atoms. The third-order valence-electron chi connectivity index (χ3n) is 4.08. The van der Waals surface area contributed by atoms with E-state index in [-0.39, 0.29) is 0 Å². The maximum Gasteiger partial charge on any atom is 0.162 e. The molecule has 1 heterocycles. The summed E-state index contributed by atoms with van der Waals surface area (Å²) >= 11 is 0. The zero-order valence-electron chi connectivity index (χ0n) is 11.1. The summed E-state index contributed by atoms with van der Waals surface area (Å²) in [6.07, 6.45) is 10.5. The van der Waals surface area contributed by atoms with Crippen molar-refractivity contribution in [3.8, 4) is 0 Å². The quantitative estimate of drug-likeness (QED) is 0.539. The minimum Gasteiger partial charge on any atom is -0.303 e. The Morgan fingerprint density at radius 2 is 2.12 bits per heavy atom. The van der Waals surface area contributed by atoms with Gasteiger partial charge in [-0.2, -0.15) is 0 Å². The normalized spacial score (nSPS) is 28.4. The molecule has 1 atom stereocenters. The highest BCUT2D eigenvalue weighted by Gasteiger charge is 2.30. The van der Waals surface area contributed by atoms with Crippen LogP contribution in [-0.4, -0.2) is 30.3 Å². The second kappa shape index (κ2) is 6.34. The minimum absolute atomic E-state index is 0.306. The topological polar surface area (TPSA) is 20.3 Å². The molecule has 2 fully saturated rings. The summed E-state index contributed by atoms with van der Waals surface area (Å²) in [6.45, 7) is 5.63. The number of hydrogen-bond acceptors (Lipinski definition) is 2. The molecule has 0 aromatic heterocycles. The fourth-order valence-electron chi connectivity index (χ4n) is 2.98. The molecule has 0 aromatic rings. The highest BCUT2D eigenvalue weighted by atomic mass is 16.1. The van der Waals surface area contributed by atoms with Gasteiger partial charge in [-0.15, -0.1) is 0 Å². The average molecular weight is 235 g/mol. The van der Waals surface area contributed by atoms with E-state index in [0.717, 1.165) is 31.4 Å². The zero-order chi connectivity index (χ0) is 12.1. The smallest absolute Gasteiger partial charge is 0.162 e. The lowest BCUT2D eigenvalue weighted by Gasteiger charge is -2.18. The molecular weight excluding hydrogens is 210 g/mol. The van der Waals surface area contributed by atoms with E-state index in [2.05, 4.69) is 17.9 Å². The fourth-order valence-corrected chi connectivity index (χ4v) is 2.98. The maximum absolute atomic E-state index is 12.2. The Morgan fingerprint density at radius 1 is 1.35 bits per heavy atom. The number of rotatable bonds is 5. The first-order chi connectivity index (χ1) is 8.31. The van der Waals surface area contributed by atoms with Gasteiger partial charge in [0.2, 0.25) is 0 Å². The summed E-state index contributed by atoms with van der Waals surface area (Å²) in [6, 6.07) is 0. The van der Waals surface area contributed by atoms with Crippen LogP contribution >= 0.6 is 0 Å². The first kappa shape index (κ1) is 12.8. The van der Waals surface area contributed by atoms with Crippen LogP contribution in [0, 0.1) is 5.92 Å². The van der Waals surface area contributed by atoms with Crippen LogP contribution in [-0.2, 0) is 4.79 Å². The molecule has 1 aliphatic heterocycles. The van der Waals surface area contributed by atoms with Crippen LogP contribution in [0.25, 0.3) is 0 Å². The first-order valence-electron chi connectivity index (χ1n) is 7.27. The number of allylic oxidation sites excluding steroid dienone is 2. The number of carbonyl (C=O) groups excluding carboxylic acids is 1. The second-order valence-corrected chi connectivity index (χ2v) is 5.48. The zero-order valence-corrected chi connectivity index (χ0v) is 11.1. The molecule has 96 valence electrons. The van der Waals surface area contributed by atoms with Crippen molar-refractivity contribution in [2.75, 3.05) is 19.6 Å². The molecule has 2 nitrogen and oxygen atoms in total. The van der Waals surface area contributed by atoms with E-state index in [1.165, 1.54) is 38.8 Å². The van der Waals surface area contributed by atoms with Crippen molar-refractivity contribution in [3.63, 3.8) is 0 Å². The molecule has 1 saturated carbocycles. The third-order valence-corrected chi connectivity index (χ3v) is 4.08. The average Bonchev–Trinajstić information content (AvgIpc) is 2.94. The lowest BCUT2D eigenvalue weighted by Crippen LogP contribution is -2.28. The SMILES string of the molecule is CCCC/C=C1/CCC(CN2CCCC2)C1=O. The summed E-state index contributed by atoms with van der Waals surface area (Å²) in [5.74, 6) is 0.758. The maximum atomic E-state index is 12.2. The standard InChI is InChI=1S/C15H25NO/c1-2-3-4-7-13-8-9-14(15(13)17)12-16-10-5-6-11-16/h7,14H,2-6,8-12H2,1H3/b13-7-. The van der Waals surface area contributed by atoms with E-state index in [9.17, 15) is 4.79 Å². The molecular formula is C15H25NO. The van der Waals surface area contributed by atoms with Gasteiger partial charge in [-0.25, -0.2) is 0 Å². The predicted molar refractivity (Wildman–Crippen MR) is 71.0 cm³/mol. The molecule has 0 aromatic carbocycles. The van der Waals surface area contributed by atoms with E-state index in [1.807, 2.05) is 0 Å². The summed E-state index contributed by atoms with van der Waals surface area (Å²) in [4.78, 5) is 14.7. The van der Waals surface area contributed by atoms with Crippen LogP contribution in [0.5, 0.6) is 0 Å². The number of likely N-dealkylation sites (tertiary alicyclic amines) is 1. The van der Waals surface area contributed by atoms with Gasteiger partial charge in [-0.1, -0.05) is 25.8 Å². The number of ketones is 1. The fraction of sp³-hybridized carbons (Fsp3) is 0.800. The van der Waals surface area contributed by atoms with Crippen molar-refractivity contribution >= 4 is 5.78 Å². The van der Waals surface area contributed by atoms with Gasteiger partial charge >= 0.3 is 0 Å². The van der Waals surface area contributed by atoms with Gasteiger partial charge in [0, 0.05) is 12.5 Å². The van der Waals surface area contributed by atoms with Gasteiger partial charge < -0.3 is 4.90 Å². The molecule has 1 unspecified atom stereocenters. The molecule has 17 heavy (non-hydrogen) atoms. The van der Waals surface area contributed by atoms with Crippen molar-refractivity contribution in [2.24, 2.45) is 5.92 Å². The largest absolute Gasteiger partial charge is 0.303 e. The second-order valence-electron chi connectivity index (χ2n) is 5.48. The summed E-state index contributed by atoms with van der Waals surface area (Å²) in [7, 11) is 0. The van der Waals surface area contributed by atoms with Crippen molar-refractivity contribution in [2.45, 2.75) is 51.9 Å². The Labute approximate surface area is 105 Å². The van der Waals surface area contributed by atoms with Crippen LogP contribution in [0.2, 0.25) is 0 Å². The van der Waals surface area contributed by atoms with Gasteiger partial charge in [0.25, 0.3) is 0 Å². The van der Waals surface area contributed by atoms with Crippen molar-refractivity contribution in [3.05, 3.63) is 11.6 Å². The molecule has 0 amide bonds. The van der Waals surface area contributed by atoms with Crippen LogP contribution in [0.1, 0.15) is 51.9 Å². The number of Topliss-reactive ketones (excluding diaryl/α,β-unsaturated/α-hetero) is 1. The van der Waals surface area contributed by atoms with Crippen molar-refractivity contribution < 1.29 is 4.79 Å². The predicted octanol–water partition coefficient (Wildman–Crippen LogP) is 3.18. The monoisotopic (exact) mass is 235 g/mol. The first-order valence-corrected chi connectivity index (χ1v) is 7.27. The van der Waals surface area contributed by atoms with Crippen LogP contribution in [0.4, 0.5) is 0 Å². The van der Waals surface area contributed by atoms with Gasteiger partial charge in [-0.05, 0) is 50.8 Å².